The van der Waals surface area contributed by atoms with Gasteiger partial charge in [0.15, 0.2) is 0 Å². The molecule has 3 heterocycles. The van der Waals surface area contributed by atoms with Crippen LogP contribution < -0.4 is 4.74 Å². The Morgan fingerprint density at radius 2 is 2.25 bits per heavy atom. The Kier molecular flexibility index (Phi) is 3.24. The monoisotopic (exact) mass is 321 g/mol. The van der Waals surface area contributed by atoms with Gasteiger partial charge in [-0.25, -0.2) is 0 Å². The zero-order chi connectivity index (χ0) is 16.7. The van der Waals surface area contributed by atoms with Gasteiger partial charge in [-0.05, 0) is 18.2 Å². The number of aromatic nitrogens is 3. The second-order valence-electron chi connectivity index (χ2n) is 5.82. The topological polar surface area (TPSA) is 86.9 Å². The molecule has 4 rings (SSSR count). The molecule has 0 atom stereocenters. The molecule has 0 unspecified atom stereocenters. The summed E-state index contributed by atoms with van der Waals surface area (Å²) >= 11 is 0. The van der Waals surface area contributed by atoms with E-state index in [1.165, 1.54) is 6.20 Å². The minimum absolute atomic E-state index is 0.0333. The molecule has 1 N–H and O–H groups in total. The molecule has 0 saturated carbocycles. The maximum atomic E-state index is 12.6. The standard InChI is InChI=1S/C17H15N5O2/c1-24-14-3-2-12-4-16(20-15(12)5-14)17(23)21-9-13(10-21)22-8-11(6-18)7-19-22/h2-5,7-8,13,20H,9-10H2,1H3. The van der Waals surface area contributed by atoms with Crippen molar-refractivity contribution in [3.63, 3.8) is 0 Å². The summed E-state index contributed by atoms with van der Waals surface area (Å²) in [5.74, 6) is 0.716. The van der Waals surface area contributed by atoms with Crippen LogP contribution >= 0.6 is 0 Å². The van der Waals surface area contributed by atoms with Crippen molar-refractivity contribution in [2.45, 2.75) is 6.04 Å². The van der Waals surface area contributed by atoms with Crippen LogP contribution in [-0.4, -0.2) is 45.8 Å². The molecular formula is C17H15N5O2. The van der Waals surface area contributed by atoms with Gasteiger partial charge in [-0.3, -0.25) is 9.48 Å². The molecule has 3 aromatic rings. The normalized spacial score (nSPS) is 14.4. The molecular weight excluding hydrogens is 306 g/mol. The zero-order valence-electron chi connectivity index (χ0n) is 13.1. The van der Waals surface area contributed by atoms with Gasteiger partial charge in [-0.15, -0.1) is 0 Å². The maximum Gasteiger partial charge on any atom is 0.270 e. The molecule has 1 amide bonds. The minimum Gasteiger partial charge on any atom is -0.497 e. The van der Waals surface area contributed by atoms with Crippen molar-refractivity contribution in [1.29, 1.82) is 5.26 Å². The van der Waals surface area contributed by atoms with E-state index in [9.17, 15) is 4.79 Å². The van der Waals surface area contributed by atoms with Gasteiger partial charge in [-0.1, -0.05) is 0 Å². The third kappa shape index (κ3) is 2.29. The van der Waals surface area contributed by atoms with Crippen LogP contribution in [0.4, 0.5) is 0 Å². The summed E-state index contributed by atoms with van der Waals surface area (Å²) in [6.07, 6.45) is 3.25. The Bertz CT molecular complexity index is 959. The lowest BCUT2D eigenvalue weighted by Crippen LogP contribution is -2.50. The number of carbonyl (C=O) groups is 1. The van der Waals surface area contributed by atoms with Gasteiger partial charge in [-0.2, -0.15) is 10.4 Å². The second-order valence-corrected chi connectivity index (χ2v) is 5.82. The second kappa shape index (κ2) is 5.42. The van der Waals surface area contributed by atoms with Crippen molar-refractivity contribution < 1.29 is 9.53 Å². The van der Waals surface area contributed by atoms with Crippen molar-refractivity contribution in [2.24, 2.45) is 0 Å². The molecule has 2 aromatic heterocycles. The molecule has 1 saturated heterocycles. The van der Waals surface area contributed by atoms with Crippen LogP contribution in [0.2, 0.25) is 0 Å². The molecule has 24 heavy (non-hydrogen) atoms. The molecule has 120 valence electrons. The first kappa shape index (κ1) is 14.3. The number of H-pyrrole nitrogens is 1. The van der Waals surface area contributed by atoms with Gasteiger partial charge in [0, 0.05) is 36.3 Å². The summed E-state index contributed by atoms with van der Waals surface area (Å²) in [4.78, 5) is 17.5. The highest BCUT2D eigenvalue weighted by Gasteiger charge is 2.33. The van der Waals surface area contributed by atoms with Gasteiger partial charge in [0.1, 0.15) is 17.5 Å². The molecule has 0 bridgehead atoms. The molecule has 1 fully saturated rings. The molecule has 1 aromatic carbocycles. The smallest absolute Gasteiger partial charge is 0.270 e. The lowest BCUT2D eigenvalue weighted by molar-refractivity contribution is 0.0496. The number of rotatable bonds is 3. The molecule has 0 spiro atoms. The third-order valence-electron chi connectivity index (χ3n) is 4.31. The molecule has 0 aliphatic carbocycles. The summed E-state index contributed by atoms with van der Waals surface area (Å²) in [7, 11) is 1.61. The Morgan fingerprint density at radius 1 is 1.42 bits per heavy atom. The summed E-state index contributed by atoms with van der Waals surface area (Å²) in [6, 6.07) is 9.70. The fourth-order valence-corrected chi connectivity index (χ4v) is 2.90. The Morgan fingerprint density at radius 3 is 2.96 bits per heavy atom. The lowest BCUT2D eigenvalue weighted by Gasteiger charge is -2.38. The van der Waals surface area contributed by atoms with Gasteiger partial charge >= 0.3 is 0 Å². The Hall–Kier alpha value is -3.27. The van der Waals surface area contributed by atoms with Crippen LogP contribution in [0.1, 0.15) is 22.1 Å². The van der Waals surface area contributed by atoms with Crippen LogP contribution in [-0.2, 0) is 0 Å². The highest BCUT2D eigenvalue weighted by atomic mass is 16.5. The summed E-state index contributed by atoms with van der Waals surface area (Å²) < 4.78 is 6.95. The van der Waals surface area contributed by atoms with Crippen LogP contribution in [0.3, 0.4) is 0 Å². The largest absolute Gasteiger partial charge is 0.497 e. The molecule has 0 radical (unpaired) electrons. The van der Waals surface area contributed by atoms with E-state index in [2.05, 4.69) is 16.2 Å². The van der Waals surface area contributed by atoms with Crippen LogP contribution in [0.5, 0.6) is 5.75 Å². The van der Waals surface area contributed by atoms with Crippen molar-refractivity contribution in [2.75, 3.05) is 20.2 Å². The summed E-state index contributed by atoms with van der Waals surface area (Å²) in [5.41, 5.74) is 1.97. The Labute approximate surface area is 138 Å². The highest BCUT2D eigenvalue weighted by molar-refractivity contribution is 5.98. The van der Waals surface area contributed by atoms with E-state index >= 15 is 0 Å². The molecule has 7 nitrogen and oxygen atoms in total. The number of amides is 1. The van der Waals surface area contributed by atoms with E-state index in [1.54, 1.807) is 22.9 Å². The van der Waals surface area contributed by atoms with Crippen LogP contribution in [0, 0.1) is 11.3 Å². The van der Waals surface area contributed by atoms with Crippen LogP contribution in [0.25, 0.3) is 10.9 Å². The summed E-state index contributed by atoms with van der Waals surface area (Å²) in [6.45, 7) is 1.17. The van der Waals surface area contributed by atoms with Gasteiger partial charge < -0.3 is 14.6 Å². The van der Waals surface area contributed by atoms with E-state index in [0.717, 1.165) is 16.7 Å². The van der Waals surface area contributed by atoms with Gasteiger partial charge in [0.2, 0.25) is 0 Å². The predicted octanol–water partition coefficient (Wildman–Crippen LogP) is 1.94. The number of benzene rings is 1. The maximum absolute atomic E-state index is 12.6. The van der Waals surface area contributed by atoms with Crippen LogP contribution in [0.15, 0.2) is 36.7 Å². The number of nitrogens with zero attached hydrogens (tertiary/aromatic N) is 4. The lowest BCUT2D eigenvalue weighted by atomic mass is 10.1. The first-order chi connectivity index (χ1) is 11.7. The molecule has 1 aliphatic heterocycles. The molecule has 1 aliphatic rings. The number of ether oxygens (including phenoxy) is 1. The average molecular weight is 321 g/mol. The summed E-state index contributed by atoms with van der Waals surface area (Å²) in [5, 5.41) is 14.0. The number of hydrogen-bond acceptors (Lipinski definition) is 4. The van der Waals surface area contributed by atoms with Crippen molar-refractivity contribution in [3.05, 3.63) is 47.9 Å². The number of nitriles is 1. The fourth-order valence-electron chi connectivity index (χ4n) is 2.90. The van der Waals surface area contributed by atoms with Crippen molar-refractivity contribution in [1.82, 2.24) is 19.7 Å². The van der Waals surface area contributed by atoms with E-state index < -0.39 is 0 Å². The number of fused-ring (bicyclic) bond motifs is 1. The minimum atomic E-state index is -0.0333. The first-order valence-electron chi connectivity index (χ1n) is 7.58. The van der Waals surface area contributed by atoms with E-state index in [1.807, 2.05) is 24.3 Å². The fraction of sp³-hybridized carbons (Fsp3) is 0.235. The Balaban J connectivity index is 1.48. The SMILES string of the molecule is COc1ccc2cc(C(=O)N3CC(n4cc(C#N)cn4)C3)[nH]c2c1. The number of hydrogen-bond donors (Lipinski definition) is 1. The zero-order valence-corrected chi connectivity index (χ0v) is 13.1. The highest BCUT2D eigenvalue weighted by Crippen LogP contribution is 2.26. The number of carbonyl (C=O) groups excluding carboxylic acids is 1. The van der Waals surface area contributed by atoms with Crippen molar-refractivity contribution in [3.8, 4) is 11.8 Å². The first-order valence-corrected chi connectivity index (χ1v) is 7.58. The number of likely N-dealkylation sites (tertiary alicyclic amines) is 1. The van der Waals surface area contributed by atoms with E-state index in [0.29, 0.717) is 24.3 Å². The number of nitrogens with one attached hydrogen (secondary N) is 1. The predicted molar refractivity (Wildman–Crippen MR) is 86.7 cm³/mol. The number of methoxy groups -OCH3 is 1. The van der Waals surface area contributed by atoms with Crippen molar-refractivity contribution >= 4 is 16.8 Å². The third-order valence-corrected chi connectivity index (χ3v) is 4.31. The van der Waals surface area contributed by atoms with E-state index in [4.69, 9.17) is 10.00 Å². The van der Waals surface area contributed by atoms with E-state index in [-0.39, 0.29) is 11.9 Å². The quantitative estimate of drug-likeness (QED) is 0.798. The number of aromatic amines is 1. The van der Waals surface area contributed by atoms with Gasteiger partial charge in [0.05, 0.1) is 24.9 Å². The molecule has 7 heteroatoms. The van der Waals surface area contributed by atoms with Gasteiger partial charge in [0.25, 0.3) is 5.91 Å². The average Bonchev–Trinajstić information content (AvgIpc) is 3.19.